The molecule has 34 heavy (non-hydrogen) atoms. The van der Waals surface area contributed by atoms with Crippen LogP contribution in [-0.4, -0.2) is 48.9 Å². The van der Waals surface area contributed by atoms with Gasteiger partial charge in [-0.05, 0) is 56.0 Å². The summed E-state index contributed by atoms with van der Waals surface area (Å²) in [5.41, 5.74) is 2.01. The van der Waals surface area contributed by atoms with Gasteiger partial charge in [0.1, 0.15) is 34.2 Å². The summed E-state index contributed by atoms with van der Waals surface area (Å²) in [6.45, 7) is 5.28. The van der Waals surface area contributed by atoms with Crippen LogP contribution in [0, 0.1) is 11.6 Å². The number of aliphatic hydroxyl groups is 1. The number of hydrogen-bond acceptors (Lipinski definition) is 6. The Morgan fingerprint density at radius 3 is 2.47 bits per heavy atom. The fourth-order valence-electron chi connectivity index (χ4n) is 4.34. The standard InChI is InChI=1S/C25H26F2N6O/c1-3-4-15-11-17(26)21(18(27)12-15)24-29-14-19-23(30-24)22(32-31-19)16-5-6-20(28-13-16)33-9-7-25(2,34)8-10-33/h5-6,11-14,34H,3-4,7-10H2,1-2H3,(H,31,32). The summed E-state index contributed by atoms with van der Waals surface area (Å²) >= 11 is 0. The van der Waals surface area contributed by atoms with Crippen LogP contribution in [0.1, 0.15) is 38.7 Å². The smallest absolute Gasteiger partial charge is 0.165 e. The number of aromatic amines is 1. The summed E-state index contributed by atoms with van der Waals surface area (Å²) < 4.78 is 29.5. The monoisotopic (exact) mass is 464 g/mol. The van der Waals surface area contributed by atoms with Gasteiger partial charge in [0.2, 0.25) is 0 Å². The van der Waals surface area contributed by atoms with Crippen LogP contribution in [0.25, 0.3) is 33.7 Å². The van der Waals surface area contributed by atoms with Crippen LogP contribution in [0.3, 0.4) is 0 Å². The molecule has 0 atom stereocenters. The van der Waals surface area contributed by atoms with E-state index in [9.17, 15) is 13.9 Å². The number of hydrogen-bond donors (Lipinski definition) is 2. The predicted octanol–water partition coefficient (Wildman–Crippen LogP) is 4.66. The van der Waals surface area contributed by atoms with Crippen LogP contribution < -0.4 is 4.90 Å². The molecule has 176 valence electrons. The van der Waals surface area contributed by atoms with Crippen LogP contribution in [0.15, 0.2) is 36.7 Å². The van der Waals surface area contributed by atoms with Crippen molar-refractivity contribution < 1.29 is 13.9 Å². The Hall–Kier alpha value is -3.46. The molecule has 2 N–H and O–H groups in total. The summed E-state index contributed by atoms with van der Waals surface area (Å²) in [6, 6.07) is 6.49. The van der Waals surface area contributed by atoms with E-state index >= 15 is 0 Å². The van der Waals surface area contributed by atoms with E-state index in [1.807, 2.05) is 26.0 Å². The Labute approximate surface area is 195 Å². The number of nitrogens with zero attached hydrogens (tertiary/aromatic N) is 5. The van der Waals surface area contributed by atoms with Crippen molar-refractivity contribution in [3.8, 4) is 22.6 Å². The first kappa shape index (κ1) is 22.3. The third kappa shape index (κ3) is 4.23. The van der Waals surface area contributed by atoms with Gasteiger partial charge in [-0.15, -0.1) is 0 Å². The zero-order valence-electron chi connectivity index (χ0n) is 19.1. The van der Waals surface area contributed by atoms with E-state index in [-0.39, 0.29) is 11.4 Å². The summed E-state index contributed by atoms with van der Waals surface area (Å²) in [6.07, 6.45) is 5.96. The van der Waals surface area contributed by atoms with E-state index in [0.29, 0.717) is 41.6 Å². The molecule has 1 saturated heterocycles. The quantitative estimate of drug-likeness (QED) is 0.446. The molecule has 0 bridgehead atoms. The third-order valence-electron chi connectivity index (χ3n) is 6.35. The Balaban J connectivity index is 1.46. The SMILES string of the molecule is CCCc1cc(F)c(-c2ncc3[nH]nc(-c4ccc(N5CCC(C)(O)CC5)nc4)c3n2)c(F)c1. The lowest BCUT2D eigenvalue weighted by Gasteiger charge is -2.36. The minimum Gasteiger partial charge on any atom is -0.390 e. The largest absolute Gasteiger partial charge is 0.390 e. The first-order valence-corrected chi connectivity index (χ1v) is 11.5. The van der Waals surface area contributed by atoms with Crippen molar-refractivity contribution in [2.24, 2.45) is 0 Å². The Morgan fingerprint density at radius 1 is 1.09 bits per heavy atom. The molecule has 0 aliphatic carbocycles. The second-order valence-electron chi connectivity index (χ2n) is 9.10. The number of nitrogens with one attached hydrogen (secondary N) is 1. The van der Waals surface area contributed by atoms with Gasteiger partial charge in [0.25, 0.3) is 0 Å². The number of fused-ring (bicyclic) bond motifs is 1. The molecular weight excluding hydrogens is 438 g/mol. The maximum absolute atomic E-state index is 14.8. The highest BCUT2D eigenvalue weighted by molar-refractivity contribution is 5.90. The number of piperidine rings is 1. The van der Waals surface area contributed by atoms with E-state index < -0.39 is 17.2 Å². The van der Waals surface area contributed by atoms with Gasteiger partial charge in [0.15, 0.2) is 5.82 Å². The van der Waals surface area contributed by atoms with Crippen molar-refractivity contribution in [1.29, 1.82) is 0 Å². The molecule has 1 fully saturated rings. The minimum atomic E-state index is -0.681. The summed E-state index contributed by atoms with van der Waals surface area (Å²) in [4.78, 5) is 15.3. The average Bonchev–Trinajstić information content (AvgIpc) is 3.22. The van der Waals surface area contributed by atoms with Gasteiger partial charge >= 0.3 is 0 Å². The number of benzene rings is 1. The minimum absolute atomic E-state index is 0.0295. The molecule has 5 rings (SSSR count). The summed E-state index contributed by atoms with van der Waals surface area (Å²) in [5, 5.41) is 17.4. The molecule has 1 aliphatic heterocycles. The lowest BCUT2D eigenvalue weighted by molar-refractivity contribution is 0.0350. The Bertz CT molecular complexity index is 1300. The van der Waals surface area contributed by atoms with Crippen LogP contribution in [0.2, 0.25) is 0 Å². The van der Waals surface area contributed by atoms with Gasteiger partial charge in [-0.25, -0.2) is 23.7 Å². The number of anilines is 1. The van der Waals surface area contributed by atoms with Gasteiger partial charge in [-0.3, -0.25) is 5.10 Å². The lowest BCUT2D eigenvalue weighted by atomic mass is 9.94. The van der Waals surface area contributed by atoms with Crippen LogP contribution in [0.5, 0.6) is 0 Å². The highest BCUT2D eigenvalue weighted by Crippen LogP contribution is 2.30. The number of aryl methyl sites for hydroxylation is 1. The molecule has 1 aromatic carbocycles. The maximum atomic E-state index is 14.8. The van der Waals surface area contributed by atoms with Crippen molar-refractivity contribution in [2.45, 2.75) is 45.1 Å². The van der Waals surface area contributed by atoms with Gasteiger partial charge in [0.05, 0.1) is 17.4 Å². The predicted molar refractivity (Wildman–Crippen MR) is 126 cm³/mol. The number of H-pyrrole nitrogens is 1. The van der Waals surface area contributed by atoms with Gasteiger partial charge in [-0.1, -0.05) is 13.3 Å². The highest BCUT2D eigenvalue weighted by atomic mass is 19.1. The van der Waals surface area contributed by atoms with Crippen molar-refractivity contribution in [2.75, 3.05) is 18.0 Å². The van der Waals surface area contributed by atoms with Crippen molar-refractivity contribution >= 4 is 16.9 Å². The molecule has 7 nitrogen and oxygen atoms in total. The zero-order valence-corrected chi connectivity index (χ0v) is 19.1. The van der Waals surface area contributed by atoms with Crippen molar-refractivity contribution in [1.82, 2.24) is 25.1 Å². The first-order chi connectivity index (χ1) is 16.3. The second-order valence-corrected chi connectivity index (χ2v) is 9.10. The molecule has 1 aliphatic rings. The molecule has 9 heteroatoms. The molecule has 0 radical (unpaired) electrons. The molecule has 4 aromatic rings. The number of aromatic nitrogens is 5. The molecule has 0 saturated carbocycles. The second kappa shape index (κ2) is 8.72. The maximum Gasteiger partial charge on any atom is 0.165 e. The summed E-state index contributed by atoms with van der Waals surface area (Å²) in [5.74, 6) is -0.567. The third-order valence-corrected chi connectivity index (χ3v) is 6.35. The highest BCUT2D eigenvalue weighted by Gasteiger charge is 2.28. The fraction of sp³-hybridized carbons (Fsp3) is 0.360. The van der Waals surface area contributed by atoms with Crippen molar-refractivity contribution in [3.63, 3.8) is 0 Å². The molecule has 4 heterocycles. The van der Waals surface area contributed by atoms with Gasteiger partial charge < -0.3 is 10.0 Å². The Kier molecular flexibility index (Phi) is 5.73. The van der Waals surface area contributed by atoms with Crippen molar-refractivity contribution in [3.05, 3.63) is 53.9 Å². The lowest BCUT2D eigenvalue weighted by Crippen LogP contribution is -2.42. The van der Waals surface area contributed by atoms with Crippen LogP contribution in [0.4, 0.5) is 14.6 Å². The van der Waals surface area contributed by atoms with Gasteiger partial charge in [-0.2, -0.15) is 5.10 Å². The molecular formula is C25H26F2N6O. The van der Waals surface area contributed by atoms with E-state index in [1.165, 1.54) is 18.3 Å². The molecule has 0 amide bonds. The van der Waals surface area contributed by atoms with Crippen LogP contribution >= 0.6 is 0 Å². The van der Waals surface area contributed by atoms with E-state index in [1.54, 1.807) is 6.20 Å². The first-order valence-electron chi connectivity index (χ1n) is 11.5. The van der Waals surface area contributed by atoms with E-state index in [0.717, 1.165) is 30.9 Å². The van der Waals surface area contributed by atoms with E-state index in [4.69, 9.17) is 0 Å². The Morgan fingerprint density at radius 2 is 1.82 bits per heavy atom. The van der Waals surface area contributed by atoms with Crippen LogP contribution in [-0.2, 0) is 6.42 Å². The number of halogens is 2. The van der Waals surface area contributed by atoms with E-state index in [2.05, 4.69) is 30.0 Å². The molecule has 0 spiro atoms. The number of rotatable bonds is 5. The fourth-order valence-corrected chi connectivity index (χ4v) is 4.34. The molecule has 0 unspecified atom stereocenters. The number of pyridine rings is 1. The zero-order chi connectivity index (χ0) is 23.9. The topological polar surface area (TPSA) is 90.8 Å². The normalized spacial score (nSPS) is 15.7. The average molecular weight is 465 g/mol. The summed E-state index contributed by atoms with van der Waals surface area (Å²) in [7, 11) is 0. The molecule has 3 aromatic heterocycles. The van der Waals surface area contributed by atoms with Gasteiger partial charge in [0, 0.05) is 24.8 Å².